The highest BCUT2D eigenvalue weighted by Crippen LogP contribution is 2.37. The van der Waals surface area contributed by atoms with Gasteiger partial charge in [0.25, 0.3) is 0 Å². The molecule has 6 heteroatoms. The first-order chi connectivity index (χ1) is 16.0. The Bertz CT molecular complexity index is 903. The monoisotopic (exact) mass is 449 g/mol. The Morgan fingerprint density at radius 3 is 2.00 bits per heavy atom. The Kier molecular flexibility index (Phi) is 7.65. The van der Waals surface area contributed by atoms with Crippen LogP contribution in [-0.4, -0.2) is 79.4 Å². The minimum absolute atomic E-state index is 0.157. The second-order valence-corrected chi connectivity index (χ2v) is 9.51. The van der Waals surface area contributed by atoms with Crippen LogP contribution in [0.1, 0.15) is 24.8 Å². The van der Waals surface area contributed by atoms with Crippen molar-refractivity contribution in [2.24, 2.45) is 5.41 Å². The fourth-order valence-corrected chi connectivity index (χ4v) is 4.73. The third-order valence-electron chi connectivity index (χ3n) is 7.05. The molecule has 176 valence electrons. The van der Waals surface area contributed by atoms with E-state index in [4.69, 9.17) is 4.74 Å². The zero-order valence-electron chi connectivity index (χ0n) is 19.6. The first-order valence-electron chi connectivity index (χ1n) is 12.0. The first-order valence-corrected chi connectivity index (χ1v) is 12.0. The third-order valence-corrected chi connectivity index (χ3v) is 7.05. The van der Waals surface area contributed by atoms with Crippen molar-refractivity contribution >= 4 is 11.8 Å². The van der Waals surface area contributed by atoms with Crippen LogP contribution in [0, 0.1) is 5.41 Å². The van der Waals surface area contributed by atoms with Crippen LogP contribution in [0.2, 0.25) is 0 Å². The predicted molar refractivity (Wildman–Crippen MR) is 129 cm³/mol. The molecule has 2 heterocycles. The van der Waals surface area contributed by atoms with Crippen molar-refractivity contribution in [3.05, 3.63) is 66.2 Å². The normalized spacial score (nSPS) is 18.7. The Labute approximate surface area is 197 Å². The number of hydrogen-bond donors (Lipinski definition) is 0. The fraction of sp³-hybridized carbons (Fsp3) is 0.481. The van der Waals surface area contributed by atoms with Crippen molar-refractivity contribution in [1.82, 2.24) is 14.7 Å². The summed E-state index contributed by atoms with van der Waals surface area (Å²) < 4.78 is 6.16. The molecular weight excluding hydrogens is 414 g/mol. The number of carbonyl (C=O) groups excluding carboxylic acids is 2. The molecule has 2 amide bonds. The summed E-state index contributed by atoms with van der Waals surface area (Å²) in [6, 6.07) is 19.7. The van der Waals surface area contributed by atoms with Crippen molar-refractivity contribution in [2.45, 2.75) is 25.7 Å². The molecule has 2 aliphatic heterocycles. The second kappa shape index (κ2) is 10.8. The number of piperidine rings is 1. The molecule has 0 radical (unpaired) electrons. The summed E-state index contributed by atoms with van der Waals surface area (Å²) in [4.78, 5) is 32.3. The van der Waals surface area contributed by atoms with E-state index in [1.807, 2.05) is 70.5 Å². The molecule has 2 aliphatic rings. The topological polar surface area (TPSA) is 53.1 Å². The minimum atomic E-state index is -0.250. The van der Waals surface area contributed by atoms with E-state index >= 15 is 0 Å². The highest BCUT2D eigenvalue weighted by Gasteiger charge is 2.40. The summed E-state index contributed by atoms with van der Waals surface area (Å²) in [5, 5.41) is 0. The first kappa shape index (κ1) is 23.3. The average molecular weight is 450 g/mol. The van der Waals surface area contributed by atoms with Crippen molar-refractivity contribution in [2.75, 3.05) is 52.9 Å². The zero-order valence-corrected chi connectivity index (χ0v) is 19.6. The number of likely N-dealkylation sites (N-methyl/N-ethyl adjacent to an activating group) is 1. The number of para-hydroxylation sites is 1. The van der Waals surface area contributed by atoms with Gasteiger partial charge in [0.05, 0.1) is 13.0 Å². The van der Waals surface area contributed by atoms with E-state index in [2.05, 4.69) is 11.9 Å². The molecule has 4 rings (SSSR count). The van der Waals surface area contributed by atoms with Crippen LogP contribution < -0.4 is 4.74 Å². The number of benzene rings is 2. The predicted octanol–water partition coefficient (Wildman–Crippen LogP) is 3.08. The Balaban J connectivity index is 1.39. The van der Waals surface area contributed by atoms with Gasteiger partial charge in [-0.25, -0.2) is 0 Å². The second-order valence-electron chi connectivity index (χ2n) is 9.51. The van der Waals surface area contributed by atoms with E-state index in [9.17, 15) is 9.59 Å². The largest absolute Gasteiger partial charge is 0.493 e. The summed E-state index contributed by atoms with van der Waals surface area (Å²) >= 11 is 0. The van der Waals surface area contributed by atoms with Crippen LogP contribution in [0.25, 0.3) is 0 Å². The lowest BCUT2D eigenvalue weighted by molar-refractivity contribution is -0.138. The molecule has 0 unspecified atom stereocenters. The maximum absolute atomic E-state index is 13.2. The molecule has 6 nitrogen and oxygen atoms in total. The Morgan fingerprint density at radius 1 is 0.788 bits per heavy atom. The maximum Gasteiger partial charge on any atom is 0.226 e. The van der Waals surface area contributed by atoms with Crippen molar-refractivity contribution in [1.29, 1.82) is 0 Å². The molecule has 0 aliphatic carbocycles. The molecule has 0 spiro atoms. The fourth-order valence-electron chi connectivity index (χ4n) is 4.73. The van der Waals surface area contributed by atoms with Crippen LogP contribution in [0.4, 0.5) is 0 Å². The van der Waals surface area contributed by atoms with Gasteiger partial charge >= 0.3 is 0 Å². The molecule has 0 N–H and O–H groups in total. The molecule has 0 saturated carbocycles. The third kappa shape index (κ3) is 6.35. The molecule has 0 aromatic heterocycles. The van der Waals surface area contributed by atoms with Gasteiger partial charge in [-0.15, -0.1) is 0 Å². The van der Waals surface area contributed by atoms with Crippen LogP contribution in [-0.2, 0) is 16.0 Å². The van der Waals surface area contributed by atoms with Gasteiger partial charge in [0.15, 0.2) is 0 Å². The number of ether oxygens (including phenoxy) is 1. The number of nitrogens with zero attached hydrogens (tertiary/aromatic N) is 3. The molecule has 33 heavy (non-hydrogen) atoms. The van der Waals surface area contributed by atoms with E-state index in [1.54, 1.807) is 0 Å². The van der Waals surface area contributed by atoms with Crippen LogP contribution in [0.3, 0.4) is 0 Å². The number of likely N-dealkylation sites (tertiary alicyclic amines) is 1. The number of hydrogen-bond acceptors (Lipinski definition) is 4. The minimum Gasteiger partial charge on any atom is -0.493 e. The lowest BCUT2D eigenvalue weighted by atomic mass is 9.75. The van der Waals surface area contributed by atoms with Crippen LogP contribution >= 0.6 is 0 Å². The van der Waals surface area contributed by atoms with Gasteiger partial charge in [-0.1, -0.05) is 48.5 Å². The van der Waals surface area contributed by atoms with Crippen molar-refractivity contribution in [3.63, 3.8) is 0 Å². The van der Waals surface area contributed by atoms with Crippen molar-refractivity contribution in [3.8, 4) is 5.75 Å². The molecule has 2 saturated heterocycles. The van der Waals surface area contributed by atoms with E-state index in [1.165, 1.54) is 0 Å². The Morgan fingerprint density at radius 2 is 1.36 bits per heavy atom. The summed E-state index contributed by atoms with van der Waals surface area (Å²) in [7, 11) is 2.10. The lowest BCUT2D eigenvalue weighted by Crippen LogP contribution is -2.51. The molecule has 2 fully saturated rings. The lowest BCUT2D eigenvalue weighted by Gasteiger charge is -2.43. The zero-order chi connectivity index (χ0) is 23.1. The highest BCUT2D eigenvalue weighted by atomic mass is 16.5. The van der Waals surface area contributed by atoms with Gasteiger partial charge in [-0.2, -0.15) is 0 Å². The van der Waals surface area contributed by atoms with Gasteiger partial charge in [-0.05, 0) is 37.6 Å². The Hall–Kier alpha value is -2.86. The standard InChI is InChI=1S/C27H35N3O3/c1-28-16-18-30(19-17-28)26(32)21-27(22-33-24-10-6-3-7-11-24)12-14-29(15-13-27)25(31)20-23-8-4-2-5-9-23/h2-11H,12-22H2,1H3. The molecule has 0 bridgehead atoms. The van der Waals surface area contributed by atoms with Gasteiger partial charge < -0.3 is 19.4 Å². The van der Waals surface area contributed by atoms with Gasteiger partial charge in [-0.3, -0.25) is 9.59 Å². The number of piperazine rings is 1. The molecule has 0 atom stereocenters. The smallest absolute Gasteiger partial charge is 0.226 e. The van der Waals surface area contributed by atoms with E-state index in [0.29, 0.717) is 32.5 Å². The number of rotatable bonds is 7. The maximum atomic E-state index is 13.2. The quantitative estimate of drug-likeness (QED) is 0.652. The summed E-state index contributed by atoms with van der Waals surface area (Å²) in [6.07, 6.45) is 2.46. The number of amides is 2. The summed E-state index contributed by atoms with van der Waals surface area (Å²) in [6.45, 7) is 5.23. The SMILES string of the molecule is CN1CCN(C(=O)CC2(COc3ccccc3)CCN(C(=O)Cc3ccccc3)CC2)CC1. The molecule has 2 aromatic rings. The van der Waals surface area contributed by atoms with E-state index in [0.717, 1.165) is 50.3 Å². The highest BCUT2D eigenvalue weighted by molar-refractivity contribution is 5.79. The molecule has 2 aromatic carbocycles. The van der Waals surface area contributed by atoms with Crippen molar-refractivity contribution < 1.29 is 14.3 Å². The number of carbonyl (C=O) groups is 2. The van der Waals surface area contributed by atoms with Gasteiger partial charge in [0, 0.05) is 51.1 Å². The average Bonchev–Trinajstić information content (AvgIpc) is 2.85. The van der Waals surface area contributed by atoms with Crippen LogP contribution in [0.15, 0.2) is 60.7 Å². The van der Waals surface area contributed by atoms with E-state index in [-0.39, 0.29) is 17.2 Å². The molecular formula is C27H35N3O3. The van der Waals surface area contributed by atoms with Gasteiger partial charge in [0.2, 0.25) is 11.8 Å². The van der Waals surface area contributed by atoms with E-state index < -0.39 is 0 Å². The van der Waals surface area contributed by atoms with Gasteiger partial charge in [0.1, 0.15) is 5.75 Å². The summed E-state index contributed by atoms with van der Waals surface area (Å²) in [5.41, 5.74) is 0.789. The van der Waals surface area contributed by atoms with Crippen LogP contribution in [0.5, 0.6) is 5.75 Å². The summed E-state index contributed by atoms with van der Waals surface area (Å²) in [5.74, 6) is 1.19.